The molecule has 0 radical (unpaired) electrons. The summed E-state index contributed by atoms with van der Waals surface area (Å²) in [5.41, 5.74) is 2.61. The molecule has 0 amide bonds. The minimum absolute atomic E-state index is 0.0889. The van der Waals surface area contributed by atoms with Gasteiger partial charge < -0.3 is 9.47 Å². The summed E-state index contributed by atoms with van der Waals surface area (Å²) in [6, 6.07) is 4.16. The van der Waals surface area contributed by atoms with Crippen molar-refractivity contribution in [1.82, 2.24) is 4.98 Å². The van der Waals surface area contributed by atoms with E-state index in [9.17, 15) is 0 Å². The van der Waals surface area contributed by atoms with Gasteiger partial charge in [-0.05, 0) is 25.5 Å². The predicted molar refractivity (Wildman–Crippen MR) is 69.5 cm³/mol. The normalized spacial score (nSPS) is 15.8. The van der Waals surface area contributed by atoms with Crippen molar-refractivity contribution >= 4 is 11.8 Å². The van der Waals surface area contributed by atoms with E-state index in [1.54, 1.807) is 11.8 Å². The third-order valence-corrected chi connectivity index (χ3v) is 3.72. The molecule has 5 heteroatoms. The van der Waals surface area contributed by atoms with E-state index in [0.717, 1.165) is 28.5 Å². The van der Waals surface area contributed by atoms with E-state index in [1.807, 2.05) is 19.9 Å². The number of pyridine rings is 1. The van der Waals surface area contributed by atoms with Gasteiger partial charge in [-0.3, -0.25) is 0 Å². The van der Waals surface area contributed by atoms with E-state index in [2.05, 4.69) is 11.1 Å². The molecule has 2 rings (SSSR count). The number of rotatable bonds is 4. The fourth-order valence-corrected chi connectivity index (χ4v) is 2.93. The summed E-state index contributed by atoms with van der Waals surface area (Å²) >= 11 is 1.59. The highest BCUT2D eigenvalue weighted by molar-refractivity contribution is 7.99. The zero-order chi connectivity index (χ0) is 13.0. The van der Waals surface area contributed by atoms with Crippen molar-refractivity contribution in [2.75, 3.05) is 19.0 Å². The molecular formula is C13H16N2O2S. The maximum atomic E-state index is 9.15. The summed E-state index contributed by atoms with van der Waals surface area (Å²) < 4.78 is 10.7. The van der Waals surface area contributed by atoms with E-state index in [-0.39, 0.29) is 6.29 Å². The Labute approximate surface area is 111 Å². The van der Waals surface area contributed by atoms with Gasteiger partial charge in [0.2, 0.25) is 0 Å². The smallest absolute Gasteiger partial charge is 0.158 e. The average molecular weight is 264 g/mol. The minimum Gasteiger partial charge on any atom is -0.350 e. The van der Waals surface area contributed by atoms with E-state index in [1.165, 1.54) is 0 Å². The molecule has 0 spiro atoms. The molecule has 18 heavy (non-hydrogen) atoms. The molecule has 1 aromatic rings. The Kier molecular flexibility index (Phi) is 4.59. The first-order chi connectivity index (χ1) is 8.70. The Bertz CT molecular complexity index is 465. The van der Waals surface area contributed by atoms with Gasteiger partial charge in [-0.15, -0.1) is 11.8 Å². The zero-order valence-electron chi connectivity index (χ0n) is 10.6. The van der Waals surface area contributed by atoms with Crippen molar-refractivity contribution in [2.45, 2.75) is 31.6 Å². The maximum Gasteiger partial charge on any atom is 0.158 e. The first kappa shape index (κ1) is 13.3. The summed E-state index contributed by atoms with van der Waals surface area (Å²) in [5.74, 6) is 0.842. The third kappa shape index (κ3) is 3.22. The third-order valence-electron chi connectivity index (χ3n) is 2.71. The van der Waals surface area contributed by atoms with E-state index < -0.39 is 0 Å². The van der Waals surface area contributed by atoms with Crippen LogP contribution < -0.4 is 0 Å². The van der Waals surface area contributed by atoms with Crippen LogP contribution in [0, 0.1) is 25.2 Å². The van der Waals surface area contributed by atoms with Crippen molar-refractivity contribution < 1.29 is 9.47 Å². The number of thioether (sulfide) groups is 1. The van der Waals surface area contributed by atoms with Crippen LogP contribution in [-0.2, 0) is 9.47 Å². The van der Waals surface area contributed by atoms with Gasteiger partial charge >= 0.3 is 0 Å². The topological polar surface area (TPSA) is 55.1 Å². The lowest BCUT2D eigenvalue weighted by atomic mass is 10.1. The average Bonchev–Trinajstić information content (AvgIpc) is 2.81. The van der Waals surface area contributed by atoms with E-state index in [0.29, 0.717) is 18.8 Å². The van der Waals surface area contributed by atoms with Gasteiger partial charge in [0, 0.05) is 17.9 Å². The van der Waals surface area contributed by atoms with Crippen molar-refractivity contribution in [3.63, 3.8) is 0 Å². The maximum absolute atomic E-state index is 9.15. The summed E-state index contributed by atoms with van der Waals surface area (Å²) in [7, 11) is 0. The number of nitriles is 1. The van der Waals surface area contributed by atoms with Gasteiger partial charge in [-0.2, -0.15) is 5.26 Å². The lowest BCUT2D eigenvalue weighted by Gasteiger charge is -2.10. The molecule has 1 aliphatic rings. The SMILES string of the molecule is Cc1cc(C)c(C#N)c(SCCC2OCCO2)n1. The van der Waals surface area contributed by atoms with Crippen molar-refractivity contribution in [1.29, 1.82) is 5.26 Å². The fourth-order valence-electron chi connectivity index (χ4n) is 1.87. The van der Waals surface area contributed by atoms with E-state index >= 15 is 0 Å². The van der Waals surface area contributed by atoms with Gasteiger partial charge in [0.1, 0.15) is 11.1 Å². The molecular weight excluding hydrogens is 248 g/mol. The molecule has 0 saturated carbocycles. The van der Waals surface area contributed by atoms with E-state index in [4.69, 9.17) is 14.7 Å². The molecule has 1 saturated heterocycles. The Morgan fingerprint density at radius 3 is 2.83 bits per heavy atom. The largest absolute Gasteiger partial charge is 0.350 e. The first-order valence-electron chi connectivity index (χ1n) is 5.95. The van der Waals surface area contributed by atoms with Crippen LogP contribution in [0.1, 0.15) is 23.2 Å². The van der Waals surface area contributed by atoms with Gasteiger partial charge in [0.15, 0.2) is 6.29 Å². The fraction of sp³-hybridized carbons (Fsp3) is 0.538. The quantitative estimate of drug-likeness (QED) is 0.782. The zero-order valence-corrected chi connectivity index (χ0v) is 11.4. The molecule has 96 valence electrons. The molecule has 0 unspecified atom stereocenters. The number of nitrogens with zero attached hydrogens (tertiary/aromatic N) is 2. The van der Waals surface area contributed by atoms with Gasteiger partial charge in [-0.1, -0.05) is 0 Å². The van der Waals surface area contributed by atoms with Crippen LogP contribution in [0.5, 0.6) is 0 Å². The van der Waals surface area contributed by atoms with Crippen LogP contribution in [0.4, 0.5) is 0 Å². The molecule has 4 nitrogen and oxygen atoms in total. The summed E-state index contributed by atoms with van der Waals surface area (Å²) in [6.45, 7) is 5.25. The standard InChI is InChI=1S/C13H16N2O2S/c1-9-7-10(2)15-13(11(9)8-14)18-6-3-12-16-4-5-17-12/h7,12H,3-6H2,1-2H3. The van der Waals surface area contributed by atoms with Crippen molar-refractivity contribution in [3.8, 4) is 6.07 Å². The summed E-state index contributed by atoms with van der Waals surface area (Å²) in [6.07, 6.45) is 0.735. The Balaban J connectivity index is 1.97. The Hall–Kier alpha value is -1.09. The number of aromatic nitrogens is 1. The van der Waals surface area contributed by atoms with Crippen LogP contribution >= 0.6 is 11.8 Å². The molecule has 0 N–H and O–H groups in total. The monoisotopic (exact) mass is 264 g/mol. The predicted octanol–water partition coefficient (Wildman–Crippen LogP) is 2.43. The second-order valence-electron chi connectivity index (χ2n) is 4.18. The molecule has 0 atom stereocenters. The molecule has 0 aliphatic carbocycles. The van der Waals surface area contributed by atoms with Crippen LogP contribution in [0.2, 0.25) is 0 Å². The van der Waals surface area contributed by atoms with Crippen LogP contribution in [0.15, 0.2) is 11.1 Å². The molecule has 1 fully saturated rings. The second-order valence-corrected chi connectivity index (χ2v) is 5.26. The number of ether oxygens (including phenoxy) is 2. The highest BCUT2D eigenvalue weighted by Gasteiger charge is 2.16. The highest BCUT2D eigenvalue weighted by atomic mass is 32.2. The second kappa shape index (κ2) is 6.19. The van der Waals surface area contributed by atoms with Crippen molar-refractivity contribution in [2.24, 2.45) is 0 Å². The van der Waals surface area contributed by atoms with Gasteiger partial charge in [-0.25, -0.2) is 4.98 Å². The number of hydrogen-bond acceptors (Lipinski definition) is 5. The lowest BCUT2D eigenvalue weighted by Crippen LogP contribution is -2.08. The van der Waals surface area contributed by atoms with Crippen LogP contribution in [0.3, 0.4) is 0 Å². The summed E-state index contributed by atoms with van der Waals surface area (Å²) in [5, 5.41) is 9.96. The minimum atomic E-state index is -0.0889. The van der Waals surface area contributed by atoms with Gasteiger partial charge in [0.25, 0.3) is 0 Å². The van der Waals surface area contributed by atoms with Gasteiger partial charge in [0.05, 0.1) is 18.8 Å². The van der Waals surface area contributed by atoms with Crippen LogP contribution in [0.25, 0.3) is 0 Å². The molecule has 2 heterocycles. The molecule has 1 aromatic heterocycles. The molecule has 1 aliphatic heterocycles. The molecule has 0 bridgehead atoms. The number of aryl methyl sites for hydroxylation is 2. The summed E-state index contributed by atoms with van der Waals surface area (Å²) in [4.78, 5) is 4.43. The first-order valence-corrected chi connectivity index (χ1v) is 6.93. The number of hydrogen-bond donors (Lipinski definition) is 0. The van der Waals surface area contributed by atoms with Crippen molar-refractivity contribution in [3.05, 3.63) is 22.9 Å². The lowest BCUT2D eigenvalue weighted by molar-refractivity contribution is -0.0421. The molecule has 0 aromatic carbocycles. The highest BCUT2D eigenvalue weighted by Crippen LogP contribution is 2.25. The Morgan fingerprint density at radius 1 is 1.44 bits per heavy atom. The Morgan fingerprint density at radius 2 is 2.17 bits per heavy atom. The van der Waals surface area contributed by atoms with Crippen LogP contribution in [-0.4, -0.2) is 30.2 Å².